The molecular formula is C13H16N2OS. The highest BCUT2D eigenvalue weighted by Gasteiger charge is 2.11. The molecule has 2 rings (SSSR count). The third-order valence-electron chi connectivity index (χ3n) is 2.68. The van der Waals surface area contributed by atoms with E-state index in [0.717, 1.165) is 6.42 Å². The Kier molecular flexibility index (Phi) is 4.12. The van der Waals surface area contributed by atoms with E-state index in [1.54, 1.807) is 18.4 Å². The number of rotatable bonds is 5. The minimum Gasteiger partial charge on any atom is -0.481 e. The second-order valence-corrected chi connectivity index (χ2v) is 4.75. The molecule has 0 bridgehead atoms. The van der Waals surface area contributed by atoms with Gasteiger partial charge in [-0.3, -0.25) is 0 Å². The van der Waals surface area contributed by atoms with Crippen LogP contribution in [0, 0.1) is 0 Å². The van der Waals surface area contributed by atoms with Crippen molar-refractivity contribution in [2.75, 3.05) is 14.2 Å². The smallest absolute Gasteiger partial charge is 0.212 e. The Morgan fingerprint density at radius 2 is 2.29 bits per heavy atom. The normalized spacial score (nSPS) is 12.4. The Bertz CT molecular complexity index is 439. The van der Waals surface area contributed by atoms with E-state index in [1.807, 2.05) is 19.3 Å². The van der Waals surface area contributed by atoms with Crippen LogP contribution in [0.3, 0.4) is 0 Å². The molecule has 90 valence electrons. The first-order valence-corrected chi connectivity index (χ1v) is 6.41. The molecule has 0 aliphatic rings. The van der Waals surface area contributed by atoms with Crippen LogP contribution in [0.1, 0.15) is 16.5 Å². The number of hydrogen-bond acceptors (Lipinski definition) is 4. The number of nitrogens with zero attached hydrogens (tertiary/aromatic N) is 1. The summed E-state index contributed by atoms with van der Waals surface area (Å²) in [6, 6.07) is 8.55. The number of ether oxygens (including phenoxy) is 1. The van der Waals surface area contributed by atoms with Gasteiger partial charge in [-0.15, -0.1) is 11.3 Å². The zero-order valence-electron chi connectivity index (χ0n) is 10.0. The lowest BCUT2D eigenvalue weighted by Gasteiger charge is -2.14. The summed E-state index contributed by atoms with van der Waals surface area (Å²) in [4.78, 5) is 5.57. The Labute approximate surface area is 105 Å². The average Bonchev–Trinajstić information content (AvgIpc) is 2.90. The van der Waals surface area contributed by atoms with Crippen molar-refractivity contribution in [2.45, 2.75) is 12.5 Å². The summed E-state index contributed by atoms with van der Waals surface area (Å²) >= 11 is 1.77. The van der Waals surface area contributed by atoms with E-state index >= 15 is 0 Å². The fourth-order valence-electron chi connectivity index (χ4n) is 1.72. The maximum atomic E-state index is 5.05. The van der Waals surface area contributed by atoms with Crippen molar-refractivity contribution in [3.05, 3.63) is 46.3 Å². The van der Waals surface area contributed by atoms with Crippen LogP contribution in [-0.4, -0.2) is 19.1 Å². The van der Waals surface area contributed by atoms with Crippen LogP contribution in [0.2, 0.25) is 0 Å². The lowest BCUT2D eigenvalue weighted by Crippen LogP contribution is -2.17. The zero-order chi connectivity index (χ0) is 12.1. The van der Waals surface area contributed by atoms with Crippen molar-refractivity contribution in [3.8, 4) is 5.88 Å². The highest BCUT2D eigenvalue weighted by atomic mass is 32.1. The molecule has 4 heteroatoms. The molecule has 2 aromatic rings. The molecule has 3 nitrogen and oxygen atoms in total. The van der Waals surface area contributed by atoms with Gasteiger partial charge in [0, 0.05) is 23.2 Å². The van der Waals surface area contributed by atoms with Gasteiger partial charge < -0.3 is 10.1 Å². The van der Waals surface area contributed by atoms with Gasteiger partial charge in [0.25, 0.3) is 0 Å². The van der Waals surface area contributed by atoms with Gasteiger partial charge in [0.2, 0.25) is 5.88 Å². The Hall–Kier alpha value is -1.39. The van der Waals surface area contributed by atoms with Gasteiger partial charge in [-0.25, -0.2) is 4.98 Å². The molecule has 2 aromatic heterocycles. The van der Waals surface area contributed by atoms with Crippen molar-refractivity contribution in [3.63, 3.8) is 0 Å². The highest BCUT2D eigenvalue weighted by molar-refractivity contribution is 7.10. The maximum Gasteiger partial charge on any atom is 0.212 e. The number of hydrogen-bond donors (Lipinski definition) is 1. The highest BCUT2D eigenvalue weighted by Crippen LogP contribution is 2.22. The fraction of sp³-hybridized carbons (Fsp3) is 0.308. The minimum absolute atomic E-state index is 0.352. The zero-order valence-corrected chi connectivity index (χ0v) is 10.8. The summed E-state index contributed by atoms with van der Waals surface area (Å²) in [5, 5.41) is 5.44. The minimum atomic E-state index is 0.352. The van der Waals surface area contributed by atoms with Gasteiger partial charge in [0.05, 0.1) is 7.11 Å². The van der Waals surface area contributed by atoms with Crippen LogP contribution in [0.15, 0.2) is 35.8 Å². The van der Waals surface area contributed by atoms with E-state index in [9.17, 15) is 0 Å². The SMILES string of the molecule is CNC(Cc1ccc(OC)nc1)c1cccs1. The molecule has 1 unspecified atom stereocenters. The van der Waals surface area contributed by atoms with Gasteiger partial charge in [0.1, 0.15) is 0 Å². The third-order valence-corrected chi connectivity index (χ3v) is 3.67. The number of likely N-dealkylation sites (N-methyl/N-ethyl adjacent to an activating group) is 1. The standard InChI is InChI=1S/C13H16N2OS/c1-14-11(12-4-3-7-17-12)8-10-5-6-13(16-2)15-9-10/h3-7,9,11,14H,8H2,1-2H3. The van der Waals surface area contributed by atoms with Crippen molar-refractivity contribution < 1.29 is 4.74 Å². The number of pyridine rings is 1. The fourth-order valence-corrected chi connectivity index (χ4v) is 2.56. The van der Waals surface area contributed by atoms with Gasteiger partial charge in [-0.05, 0) is 30.5 Å². The van der Waals surface area contributed by atoms with Crippen molar-refractivity contribution in [2.24, 2.45) is 0 Å². The van der Waals surface area contributed by atoms with Crippen LogP contribution in [0.25, 0.3) is 0 Å². The largest absolute Gasteiger partial charge is 0.481 e. The number of methoxy groups -OCH3 is 1. The first-order chi connectivity index (χ1) is 8.33. The van der Waals surface area contributed by atoms with Gasteiger partial charge in [0.15, 0.2) is 0 Å². The molecule has 0 amide bonds. The van der Waals surface area contributed by atoms with E-state index in [2.05, 4.69) is 33.9 Å². The molecule has 0 spiro atoms. The summed E-state index contributed by atoms with van der Waals surface area (Å²) in [7, 11) is 3.62. The first-order valence-electron chi connectivity index (χ1n) is 5.53. The predicted molar refractivity (Wildman–Crippen MR) is 70.6 cm³/mol. The van der Waals surface area contributed by atoms with Crippen LogP contribution < -0.4 is 10.1 Å². The van der Waals surface area contributed by atoms with Crippen molar-refractivity contribution in [1.82, 2.24) is 10.3 Å². The predicted octanol–water partition coefficient (Wildman–Crippen LogP) is 2.65. The van der Waals surface area contributed by atoms with Crippen LogP contribution in [0.5, 0.6) is 5.88 Å². The second kappa shape index (κ2) is 5.80. The summed E-state index contributed by atoms with van der Waals surface area (Å²) < 4.78 is 5.05. The van der Waals surface area contributed by atoms with Gasteiger partial charge in [-0.1, -0.05) is 12.1 Å². The summed E-state index contributed by atoms with van der Waals surface area (Å²) in [6.45, 7) is 0. The van der Waals surface area contributed by atoms with Crippen molar-refractivity contribution >= 4 is 11.3 Å². The molecular weight excluding hydrogens is 232 g/mol. The molecule has 17 heavy (non-hydrogen) atoms. The number of nitrogens with one attached hydrogen (secondary N) is 1. The molecule has 2 heterocycles. The van der Waals surface area contributed by atoms with Gasteiger partial charge in [-0.2, -0.15) is 0 Å². The summed E-state index contributed by atoms with van der Waals surface area (Å²) in [5.41, 5.74) is 1.21. The Morgan fingerprint density at radius 3 is 2.82 bits per heavy atom. The van der Waals surface area contributed by atoms with Crippen LogP contribution >= 0.6 is 11.3 Å². The molecule has 0 aliphatic carbocycles. The molecule has 0 fully saturated rings. The molecule has 0 aliphatic heterocycles. The van der Waals surface area contributed by atoms with Gasteiger partial charge >= 0.3 is 0 Å². The van der Waals surface area contributed by atoms with Crippen molar-refractivity contribution in [1.29, 1.82) is 0 Å². The molecule has 1 N–H and O–H groups in total. The van der Waals surface area contributed by atoms with E-state index in [4.69, 9.17) is 4.74 Å². The average molecular weight is 248 g/mol. The number of aromatic nitrogens is 1. The maximum absolute atomic E-state index is 5.05. The monoisotopic (exact) mass is 248 g/mol. The second-order valence-electron chi connectivity index (χ2n) is 3.77. The molecule has 0 radical (unpaired) electrons. The first kappa shape index (κ1) is 12.1. The quantitative estimate of drug-likeness (QED) is 0.883. The van der Waals surface area contributed by atoms with Crippen LogP contribution in [0.4, 0.5) is 0 Å². The lowest BCUT2D eigenvalue weighted by molar-refractivity contribution is 0.397. The molecule has 0 saturated carbocycles. The van der Waals surface area contributed by atoms with Crippen LogP contribution in [-0.2, 0) is 6.42 Å². The molecule has 0 aromatic carbocycles. The van der Waals surface area contributed by atoms with E-state index in [-0.39, 0.29) is 0 Å². The topological polar surface area (TPSA) is 34.1 Å². The van der Waals surface area contributed by atoms with E-state index in [1.165, 1.54) is 10.4 Å². The Balaban J connectivity index is 2.07. The summed E-state index contributed by atoms with van der Waals surface area (Å²) in [5.74, 6) is 0.658. The molecule has 1 atom stereocenters. The number of thiophene rings is 1. The summed E-state index contributed by atoms with van der Waals surface area (Å²) in [6.07, 6.45) is 2.81. The van der Waals surface area contributed by atoms with E-state index in [0.29, 0.717) is 11.9 Å². The van der Waals surface area contributed by atoms with E-state index < -0.39 is 0 Å². The molecule has 0 saturated heterocycles. The third kappa shape index (κ3) is 3.05. The lowest BCUT2D eigenvalue weighted by atomic mass is 10.1. The Morgan fingerprint density at radius 1 is 1.41 bits per heavy atom.